The molecule has 0 saturated heterocycles. The van der Waals surface area contributed by atoms with Crippen molar-refractivity contribution in [3.63, 3.8) is 0 Å². The molecule has 0 aromatic carbocycles. The van der Waals surface area contributed by atoms with Gasteiger partial charge in [0.05, 0.1) is 12.4 Å². The zero-order chi connectivity index (χ0) is 13.7. The highest BCUT2D eigenvalue weighted by Gasteiger charge is 2.39. The molecule has 0 bridgehead atoms. The lowest BCUT2D eigenvalue weighted by Crippen LogP contribution is -2.39. The lowest BCUT2D eigenvalue weighted by Gasteiger charge is -2.20. The van der Waals surface area contributed by atoms with Gasteiger partial charge in [0, 0.05) is 0 Å². The van der Waals surface area contributed by atoms with E-state index in [1.807, 2.05) is 0 Å². The molecule has 0 saturated carbocycles. The first kappa shape index (κ1) is 16.1. The van der Waals surface area contributed by atoms with Crippen LogP contribution in [-0.2, 0) is 24.2 Å². The first-order valence-electron chi connectivity index (χ1n) is 5.58. The summed E-state index contributed by atoms with van der Waals surface area (Å²) in [5.74, 6) is -1.95. The molecule has 0 aliphatic heterocycles. The van der Waals surface area contributed by atoms with Crippen LogP contribution >= 0.6 is 0 Å². The molecular formula is C11H20O5S. The van der Waals surface area contributed by atoms with Crippen LogP contribution in [0.3, 0.4) is 0 Å². The van der Waals surface area contributed by atoms with Crippen LogP contribution in [0, 0.1) is 5.41 Å². The Morgan fingerprint density at radius 2 is 1.71 bits per heavy atom. The molecule has 17 heavy (non-hydrogen) atoms. The van der Waals surface area contributed by atoms with Gasteiger partial charge >= 0.3 is 5.97 Å². The Kier molecular flexibility index (Phi) is 5.81. The summed E-state index contributed by atoms with van der Waals surface area (Å²) in [7, 11) is -3.42. The highest BCUT2D eigenvalue weighted by atomic mass is 32.2. The van der Waals surface area contributed by atoms with E-state index in [2.05, 4.69) is 0 Å². The third-order valence-corrected chi connectivity index (χ3v) is 4.08. The van der Waals surface area contributed by atoms with Crippen LogP contribution in [0.25, 0.3) is 0 Å². The highest BCUT2D eigenvalue weighted by Crippen LogP contribution is 2.20. The average Bonchev–Trinajstić information content (AvgIpc) is 2.16. The molecular weight excluding hydrogens is 244 g/mol. The summed E-state index contributed by atoms with van der Waals surface area (Å²) in [5.41, 5.74) is -1.41. The number of carbonyl (C=O) groups excluding carboxylic acids is 2. The van der Waals surface area contributed by atoms with Crippen LogP contribution in [0.1, 0.15) is 34.1 Å². The van der Waals surface area contributed by atoms with Gasteiger partial charge in [-0.05, 0) is 27.2 Å². The molecule has 0 amide bonds. The Bertz CT molecular complexity index is 381. The van der Waals surface area contributed by atoms with Crippen molar-refractivity contribution in [2.45, 2.75) is 34.1 Å². The predicted molar refractivity (Wildman–Crippen MR) is 64.4 cm³/mol. The molecule has 5 nitrogen and oxygen atoms in total. The maximum absolute atomic E-state index is 11.8. The van der Waals surface area contributed by atoms with Gasteiger partial charge < -0.3 is 4.74 Å². The van der Waals surface area contributed by atoms with Crippen LogP contribution in [0.2, 0.25) is 0 Å². The van der Waals surface area contributed by atoms with Crippen molar-refractivity contribution in [3.8, 4) is 0 Å². The molecule has 0 N–H and O–H groups in total. The van der Waals surface area contributed by atoms with Crippen molar-refractivity contribution < 1.29 is 22.7 Å². The van der Waals surface area contributed by atoms with E-state index in [0.29, 0.717) is 6.42 Å². The number of rotatable bonds is 7. The van der Waals surface area contributed by atoms with E-state index >= 15 is 0 Å². The average molecular weight is 264 g/mol. The summed E-state index contributed by atoms with van der Waals surface area (Å²) in [5, 5.41) is 0. The Morgan fingerprint density at radius 1 is 1.18 bits per heavy atom. The maximum atomic E-state index is 11.8. The van der Waals surface area contributed by atoms with Crippen molar-refractivity contribution in [1.29, 1.82) is 0 Å². The summed E-state index contributed by atoms with van der Waals surface area (Å²) >= 11 is 0. The second kappa shape index (κ2) is 6.14. The van der Waals surface area contributed by atoms with Gasteiger partial charge in [-0.15, -0.1) is 0 Å². The summed E-state index contributed by atoms with van der Waals surface area (Å²) in [6.45, 7) is 6.28. The zero-order valence-electron chi connectivity index (χ0n) is 10.8. The molecule has 0 fully saturated rings. The second-order valence-electron chi connectivity index (χ2n) is 4.36. The molecule has 6 heteroatoms. The molecule has 0 heterocycles. The fraction of sp³-hybridized carbons (Fsp3) is 0.818. The van der Waals surface area contributed by atoms with Crippen LogP contribution in [0.4, 0.5) is 0 Å². The van der Waals surface area contributed by atoms with E-state index < -0.39 is 32.8 Å². The normalized spacial score (nSPS) is 12.2. The minimum atomic E-state index is -3.42. The molecule has 0 spiro atoms. The topological polar surface area (TPSA) is 77.5 Å². The second-order valence-corrected chi connectivity index (χ2v) is 6.54. The standard InChI is InChI=1S/C11H20O5S/c1-5-7-17(14,15)8-9(12)11(3,4)10(13)16-6-2/h5-8H2,1-4H3. The summed E-state index contributed by atoms with van der Waals surface area (Å²) in [4.78, 5) is 23.3. The molecule has 0 unspecified atom stereocenters. The fourth-order valence-electron chi connectivity index (χ4n) is 1.19. The van der Waals surface area contributed by atoms with Crippen LogP contribution in [0.15, 0.2) is 0 Å². The number of hydrogen-bond donors (Lipinski definition) is 0. The molecule has 0 aliphatic rings. The van der Waals surface area contributed by atoms with Gasteiger partial charge in [0.1, 0.15) is 11.2 Å². The lowest BCUT2D eigenvalue weighted by molar-refractivity contribution is -0.157. The van der Waals surface area contributed by atoms with Crippen LogP contribution in [0.5, 0.6) is 0 Å². The van der Waals surface area contributed by atoms with E-state index in [0.717, 1.165) is 0 Å². The number of ketones is 1. The fourth-order valence-corrected chi connectivity index (χ4v) is 2.72. The minimum absolute atomic E-state index is 0.0440. The van der Waals surface area contributed by atoms with E-state index in [1.165, 1.54) is 13.8 Å². The van der Waals surface area contributed by atoms with Gasteiger partial charge in [0.25, 0.3) is 0 Å². The predicted octanol–water partition coefficient (Wildman–Crippen LogP) is 0.970. The summed E-state index contributed by atoms with van der Waals surface area (Å²) < 4.78 is 27.7. The van der Waals surface area contributed by atoms with Crippen molar-refractivity contribution in [2.75, 3.05) is 18.1 Å². The lowest BCUT2D eigenvalue weighted by atomic mass is 9.89. The van der Waals surface area contributed by atoms with Gasteiger partial charge in [-0.2, -0.15) is 0 Å². The Morgan fingerprint density at radius 3 is 2.12 bits per heavy atom. The van der Waals surface area contributed by atoms with Gasteiger partial charge in [-0.3, -0.25) is 9.59 Å². The number of carbonyl (C=O) groups is 2. The van der Waals surface area contributed by atoms with Crippen LogP contribution < -0.4 is 0 Å². The Hall–Kier alpha value is -0.910. The molecule has 0 radical (unpaired) electrons. The Balaban J connectivity index is 4.76. The van der Waals surface area contributed by atoms with E-state index in [-0.39, 0.29) is 12.4 Å². The third kappa shape index (κ3) is 4.85. The number of hydrogen-bond acceptors (Lipinski definition) is 5. The van der Waals surface area contributed by atoms with Gasteiger partial charge in [-0.25, -0.2) is 8.42 Å². The van der Waals surface area contributed by atoms with E-state index in [1.54, 1.807) is 13.8 Å². The number of sulfone groups is 1. The number of Topliss-reactive ketones (excluding diaryl/α,β-unsaturated/α-hetero) is 1. The van der Waals surface area contributed by atoms with Crippen molar-refractivity contribution >= 4 is 21.6 Å². The third-order valence-electron chi connectivity index (χ3n) is 2.35. The van der Waals surface area contributed by atoms with Crippen LogP contribution in [-0.4, -0.2) is 38.3 Å². The monoisotopic (exact) mass is 264 g/mol. The minimum Gasteiger partial charge on any atom is -0.465 e. The Labute approximate surface area is 102 Å². The molecule has 0 aromatic heterocycles. The highest BCUT2D eigenvalue weighted by molar-refractivity contribution is 7.92. The van der Waals surface area contributed by atoms with Gasteiger partial charge in [0.15, 0.2) is 15.6 Å². The van der Waals surface area contributed by atoms with Crippen molar-refractivity contribution in [2.24, 2.45) is 5.41 Å². The largest absolute Gasteiger partial charge is 0.465 e. The first-order chi connectivity index (χ1) is 7.67. The molecule has 0 rings (SSSR count). The van der Waals surface area contributed by atoms with Gasteiger partial charge in [-0.1, -0.05) is 6.92 Å². The maximum Gasteiger partial charge on any atom is 0.319 e. The SMILES string of the molecule is CCCS(=O)(=O)CC(=O)C(C)(C)C(=O)OCC. The molecule has 0 aromatic rings. The first-order valence-corrected chi connectivity index (χ1v) is 7.40. The van der Waals surface area contributed by atoms with Crippen molar-refractivity contribution in [1.82, 2.24) is 0 Å². The zero-order valence-corrected chi connectivity index (χ0v) is 11.6. The molecule has 100 valence electrons. The van der Waals surface area contributed by atoms with Crippen molar-refractivity contribution in [3.05, 3.63) is 0 Å². The smallest absolute Gasteiger partial charge is 0.319 e. The number of ether oxygens (including phenoxy) is 1. The van der Waals surface area contributed by atoms with E-state index in [4.69, 9.17) is 4.74 Å². The molecule has 0 aliphatic carbocycles. The number of esters is 1. The molecule has 0 atom stereocenters. The van der Waals surface area contributed by atoms with E-state index in [9.17, 15) is 18.0 Å². The van der Waals surface area contributed by atoms with Gasteiger partial charge in [0.2, 0.25) is 0 Å². The summed E-state index contributed by atoms with van der Waals surface area (Å²) in [6.07, 6.45) is 0.454. The summed E-state index contributed by atoms with van der Waals surface area (Å²) in [6, 6.07) is 0. The quantitative estimate of drug-likeness (QED) is 0.506.